The molecule has 124 valence electrons. The normalized spacial score (nSPS) is 12.3. The lowest BCUT2D eigenvalue weighted by molar-refractivity contribution is -0.908. The summed E-state index contributed by atoms with van der Waals surface area (Å²) in [6.07, 6.45) is 1.74. The lowest BCUT2D eigenvalue weighted by Crippen LogP contribution is -3.06. The summed E-state index contributed by atoms with van der Waals surface area (Å²) in [7, 11) is 3.75. The van der Waals surface area contributed by atoms with Crippen LogP contribution in [0.15, 0.2) is 57.9 Å². The molecule has 0 aliphatic carbocycles. The molecule has 1 atom stereocenters. The number of nitrogens with zero attached hydrogens (tertiary/aromatic N) is 2. The molecule has 0 aliphatic heterocycles. The number of hydrogen-bond donors (Lipinski definition) is 1. The maximum Gasteiger partial charge on any atom is 0.258 e. The second-order valence-electron chi connectivity index (χ2n) is 5.82. The smallest absolute Gasteiger partial charge is 0.258 e. The standard InChI is InChI=1S/C18H18BrN3O2/c1-21(10-13-3-6-16(24-2)7-4-13)12-15-9-18(23)22-11-14(19)5-8-17(22)20-15/h3-9,11H,10,12H2,1-2H3/p+1. The van der Waals surface area contributed by atoms with Crippen LogP contribution in [-0.2, 0) is 13.1 Å². The number of ether oxygens (including phenoxy) is 1. The maximum absolute atomic E-state index is 12.2. The van der Waals surface area contributed by atoms with Gasteiger partial charge < -0.3 is 9.64 Å². The largest absolute Gasteiger partial charge is 0.497 e. The lowest BCUT2D eigenvalue weighted by atomic mass is 10.2. The molecule has 0 bridgehead atoms. The number of aromatic nitrogens is 2. The van der Waals surface area contributed by atoms with Crippen molar-refractivity contribution in [2.45, 2.75) is 13.1 Å². The van der Waals surface area contributed by atoms with Gasteiger partial charge in [-0.25, -0.2) is 4.98 Å². The minimum atomic E-state index is -0.0615. The van der Waals surface area contributed by atoms with Crippen molar-refractivity contribution in [3.63, 3.8) is 0 Å². The molecule has 0 fully saturated rings. The van der Waals surface area contributed by atoms with Crippen molar-refractivity contribution >= 4 is 21.6 Å². The van der Waals surface area contributed by atoms with Crippen LogP contribution in [-0.4, -0.2) is 23.5 Å². The van der Waals surface area contributed by atoms with Crippen LogP contribution in [0.4, 0.5) is 0 Å². The molecule has 0 saturated heterocycles. The Balaban J connectivity index is 1.76. The van der Waals surface area contributed by atoms with Crippen LogP contribution in [0.1, 0.15) is 11.3 Å². The van der Waals surface area contributed by atoms with Crippen molar-refractivity contribution in [3.8, 4) is 5.75 Å². The van der Waals surface area contributed by atoms with Gasteiger partial charge in [-0.2, -0.15) is 0 Å². The molecule has 0 radical (unpaired) electrons. The van der Waals surface area contributed by atoms with E-state index in [0.717, 1.165) is 22.5 Å². The zero-order valence-corrected chi connectivity index (χ0v) is 15.2. The highest BCUT2D eigenvalue weighted by Gasteiger charge is 2.09. The third-order valence-corrected chi connectivity index (χ3v) is 4.29. The summed E-state index contributed by atoms with van der Waals surface area (Å²) in [5.41, 5.74) is 2.62. The topological polar surface area (TPSA) is 48.0 Å². The van der Waals surface area contributed by atoms with Gasteiger partial charge >= 0.3 is 0 Å². The highest BCUT2D eigenvalue weighted by atomic mass is 79.9. The average molecular weight is 389 g/mol. The van der Waals surface area contributed by atoms with Crippen LogP contribution in [0, 0.1) is 0 Å². The van der Waals surface area contributed by atoms with Gasteiger partial charge in [-0.15, -0.1) is 0 Å². The van der Waals surface area contributed by atoms with Gasteiger partial charge in [0.15, 0.2) is 0 Å². The minimum Gasteiger partial charge on any atom is -0.497 e. The number of hydrogen-bond acceptors (Lipinski definition) is 3. The van der Waals surface area contributed by atoms with Gasteiger partial charge in [0.1, 0.15) is 30.2 Å². The van der Waals surface area contributed by atoms with E-state index in [9.17, 15) is 4.79 Å². The molecule has 5 nitrogen and oxygen atoms in total. The molecule has 0 saturated carbocycles. The van der Waals surface area contributed by atoms with E-state index in [1.165, 1.54) is 10.5 Å². The Morgan fingerprint density at radius 3 is 2.62 bits per heavy atom. The number of quaternary nitrogens is 1. The molecule has 2 aromatic heterocycles. The third-order valence-electron chi connectivity index (χ3n) is 3.82. The number of methoxy groups -OCH3 is 1. The van der Waals surface area contributed by atoms with Crippen molar-refractivity contribution in [2.24, 2.45) is 0 Å². The van der Waals surface area contributed by atoms with E-state index < -0.39 is 0 Å². The third kappa shape index (κ3) is 3.83. The number of benzene rings is 1. The molecule has 1 unspecified atom stereocenters. The molecule has 6 heteroatoms. The first kappa shape index (κ1) is 16.7. The first-order chi connectivity index (χ1) is 11.5. The van der Waals surface area contributed by atoms with Crippen molar-refractivity contribution in [1.82, 2.24) is 9.38 Å². The lowest BCUT2D eigenvalue weighted by Gasteiger charge is -2.14. The van der Waals surface area contributed by atoms with E-state index in [2.05, 4.69) is 40.1 Å². The SMILES string of the molecule is COc1ccc(C[NH+](C)Cc2cc(=O)n3cc(Br)ccc3n2)cc1. The molecule has 0 amide bonds. The number of rotatable bonds is 5. The Bertz CT molecular complexity index is 906. The van der Waals surface area contributed by atoms with Gasteiger partial charge in [-0.1, -0.05) is 0 Å². The van der Waals surface area contributed by atoms with Crippen LogP contribution in [0.3, 0.4) is 0 Å². The number of fused-ring (bicyclic) bond motifs is 1. The maximum atomic E-state index is 12.2. The van der Waals surface area contributed by atoms with Crippen molar-refractivity contribution < 1.29 is 9.64 Å². The van der Waals surface area contributed by atoms with Crippen LogP contribution in [0.2, 0.25) is 0 Å². The second-order valence-corrected chi connectivity index (χ2v) is 6.74. The van der Waals surface area contributed by atoms with Gasteiger partial charge in [0.25, 0.3) is 5.56 Å². The summed E-state index contributed by atoms with van der Waals surface area (Å²) >= 11 is 3.37. The molecular weight excluding hydrogens is 370 g/mol. The Morgan fingerprint density at radius 1 is 1.17 bits per heavy atom. The quantitative estimate of drug-likeness (QED) is 0.723. The first-order valence-corrected chi connectivity index (χ1v) is 8.46. The van der Waals surface area contributed by atoms with Gasteiger partial charge in [-0.05, 0) is 52.3 Å². The van der Waals surface area contributed by atoms with Gasteiger partial charge in [0.05, 0.1) is 14.2 Å². The molecule has 3 rings (SSSR count). The predicted molar refractivity (Wildman–Crippen MR) is 96.5 cm³/mol. The fraction of sp³-hybridized carbons (Fsp3) is 0.222. The summed E-state index contributed by atoms with van der Waals surface area (Å²) in [4.78, 5) is 18.1. The monoisotopic (exact) mass is 388 g/mol. The van der Waals surface area contributed by atoms with Crippen LogP contribution in [0.25, 0.3) is 5.65 Å². The average Bonchev–Trinajstić information content (AvgIpc) is 2.56. The van der Waals surface area contributed by atoms with Crippen molar-refractivity contribution in [2.75, 3.05) is 14.2 Å². The number of pyridine rings is 1. The van der Waals surface area contributed by atoms with E-state index in [0.29, 0.717) is 12.2 Å². The Morgan fingerprint density at radius 2 is 1.92 bits per heavy atom. The van der Waals surface area contributed by atoms with Crippen LogP contribution in [0.5, 0.6) is 5.75 Å². The summed E-state index contributed by atoms with van der Waals surface area (Å²) in [6, 6.07) is 13.4. The fourth-order valence-corrected chi connectivity index (χ4v) is 3.02. The molecule has 1 N–H and O–H groups in total. The first-order valence-electron chi connectivity index (χ1n) is 7.67. The Labute approximate surface area is 148 Å². The Kier molecular flexibility index (Phi) is 4.97. The highest BCUT2D eigenvalue weighted by molar-refractivity contribution is 9.10. The van der Waals surface area contributed by atoms with Crippen LogP contribution >= 0.6 is 15.9 Å². The van der Waals surface area contributed by atoms with E-state index in [1.807, 2.05) is 24.3 Å². The molecule has 0 spiro atoms. The Hall–Kier alpha value is -2.18. The van der Waals surface area contributed by atoms with Crippen molar-refractivity contribution in [1.29, 1.82) is 0 Å². The number of halogens is 1. The zero-order chi connectivity index (χ0) is 17.1. The van der Waals surface area contributed by atoms with Crippen LogP contribution < -0.4 is 15.2 Å². The van der Waals surface area contributed by atoms with Gasteiger partial charge in [0, 0.05) is 22.3 Å². The molecular formula is C18H19BrN3O2+. The van der Waals surface area contributed by atoms with E-state index in [1.54, 1.807) is 23.8 Å². The van der Waals surface area contributed by atoms with E-state index in [4.69, 9.17) is 4.74 Å². The minimum absolute atomic E-state index is 0.0615. The molecule has 3 aromatic rings. The van der Waals surface area contributed by atoms with E-state index >= 15 is 0 Å². The molecule has 0 aliphatic rings. The van der Waals surface area contributed by atoms with Gasteiger partial charge in [0.2, 0.25) is 0 Å². The molecule has 2 heterocycles. The molecule has 1 aromatic carbocycles. The summed E-state index contributed by atoms with van der Waals surface area (Å²) < 4.78 is 7.58. The van der Waals surface area contributed by atoms with E-state index in [-0.39, 0.29) is 5.56 Å². The summed E-state index contributed by atoms with van der Waals surface area (Å²) in [5, 5.41) is 0. The van der Waals surface area contributed by atoms with Crippen molar-refractivity contribution in [3.05, 3.63) is 74.7 Å². The predicted octanol–water partition coefficient (Wildman–Crippen LogP) is 1.68. The zero-order valence-electron chi connectivity index (χ0n) is 13.6. The summed E-state index contributed by atoms with van der Waals surface area (Å²) in [5.74, 6) is 0.854. The van der Waals surface area contributed by atoms with Gasteiger partial charge in [-0.3, -0.25) is 9.20 Å². The highest BCUT2D eigenvalue weighted by Crippen LogP contribution is 2.11. The summed E-state index contributed by atoms with van der Waals surface area (Å²) in [6.45, 7) is 1.54. The fourth-order valence-electron chi connectivity index (χ4n) is 2.68. The number of nitrogens with one attached hydrogen (secondary N) is 1. The molecule has 24 heavy (non-hydrogen) atoms. The second kappa shape index (κ2) is 7.15.